The number of amides is 2. The fourth-order valence-corrected chi connectivity index (χ4v) is 3.32. The molecule has 0 saturated carbocycles. The molecule has 2 saturated heterocycles. The van der Waals surface area contributed by atoms with Crippen LogP contribution in [-0.2, 0) is 14.3 Å². The summed E-state index contributed by atoms with van der Waals surface area (Å²) in [5, 5.41) is 1.91. The van der Waals surface area contributed by atoms with Crippen LogP contribution in [-0.4, -0.2) is 29.1 Å². The van der Waals surface area contributed by atoms with E-state index in [0.717, 1.165) is 21.8 Å². The van der Waals surface area contributed by atoms with Gasteiger partial charge in [0.05, 0.1) is 13.2 Å². The summed E-state index contributed by atoms with van der Waals surface area (Å²) < 4.78 is 11.2. The lowest BCUT2D eigenvalue weighted by Crippen LogP contribution is -2.48. The first-order valence-corrected chi connectivity index (χ1v) is 7.23. The molecule has 0 aliphatic carbocycles. The van der Waals surface area contributed by atoms with E-state index in [1.807, 2.05) is 24.3 Å². The monoisotopic (exact) mass is 343 g/mol. The lowest BCUT2D eigenvalue weighted by Gasteiger charge is -2.33. The summed E-state index contributed by atoms with van der Waals surface area (Å²) in [4.78, 5) is 23.0. The molecule has 2 heterocycles. The van der Waals surface area contributed by atoms with E-state index < -0.39 is 11.0 Å². The number of nitrogens with one attached hydrogen (secondary N) is 1. The maximum atomic E-state index is 11.7. The van der Waals surface area contributed by atoms with Crippen molar-refractivity contribution in [2.24, 2.45) is 0 Å². The second-order valence-corrected chi connectivity index (χ2v) is 6.62. The average Bonchev–Trinajstić information content (AvgIpc) is 2.65. The quantitative estimate of drug-likeness (QED) is 0.846. The molecular weight excluding hydrogens is 334 g/mol. The number of halogens is 1. The smallest absolute Gasteiger partial charge is 0.286 e. The van der Waals surface area contributed by atoms with Gasteiger partial charge in [-0.15, -0.1) is 0 Å². The first-order chi connectivity index (χ1) is 9.09. The molecule has 1 aromatic rings. The molecule has 0 unspecified atom stereocenters. The van der Waals surface area contributed by atoms with Crippen molar-refractivity contribution in [2.75, 3.05) is 13.2 Å². The van der Waals surface area contributed by atoms with E-state index in [-0.39, 0.29) is 24.4 Å². The Morgan fingerprint density at radius 1 is 1.32 bits per heavy atom. The summed E-state index contributed by atoms with van der Waals surface area (Å²) in [6.07, 6.45) is -0.507. The maximum Gasteiger partial charge on any atom is 0.286 e. The van der Waals surface area contributed by atoms with Gasteiger partial charge in [0.15, 0.2) is 11.0 Å². The summed E-state index contributed by atoms with van der Waals surface area (Å²) in [5.74, 6) is -0.338. The minimum atomic E-state index is -0.931. The second-order valence-electron chi connectivity index (χ2n) is 4.35. The van der Waals surface area contributed by atoms with Crippen LogP contribution < -0.4 is 5.32 Å². The number of benzene rings is 1. The van der Waals surface area contributed by atoms with Gasteiger partial charge in [0.1, 0.15) is 0 Å². The largest absolute Gasteiger partial charge is 0.346 e. The molecular formula is C12H10BrNO4S. The molecule has 2 fully saturated rings. The molecule has 5 nitrogen and oxygen atoms in total. The van der Waals surface area contributed by atoms with Crippen molar-refractivity contribution in [1.82, 2.24) is 5.32 Å². The average molecular weight is 344 g/mol. The van der Waals surface area contributed by atoms with Gasteiger partial charge in [0.2, 0.25) is 5.91 Å². The topological polar surface area (TPSA) is 64.6 Å². The first-order valence-electron chi connectivity index (χ1n) is 5.62. The molecule has 1 N–H and O–H groups in total. The number of carbonyl (C=O) groups is 2. The van der Waals surface area contributed by atoms with E-state index >= 15 is 0 Å². The van der Waals surface area contributed by atoms with Crippen LogP contribution in [0.2, 0.25) is 0 Å². The van der Waals surface area contributed by atoms with Gasteiger partial charge in [-0.3, -0.25) is 14.9 Å². The fourth-order valence-electron chi connectivity index (χ4n) is 2.00. The highest BCUT2D eigenvalue weighted by molar-refractivity contribution is 9.10. The standard InChI is InChI=1S/C12H10BrNO4S/c13-8-3-1-2-7(4-8)9-17-5-12(6-18-9)10(15)14-11(16)19-12/h1-4,9H,5-6H2,(H,14,15,16). The number of hydrogen-bond donors (Lipinski definition) is 1. The third-order valence-corrected chi connectivity index (χ3v) is 4.57. The molecule has 19 heavy (non-hydrogen) atoms. The number of carbonyl (C=O) groups excluding carboxylic acids is 2. The van der Waals surface area contributed by atoms with Gasteiger partial charge in [-0.05, 0) is 23.9 Å². The van der Waals surface area contributed by atoms with Crippen LogP contribution in [0.4, 0.5) is 4.79 Å². The third kappa shape index (κ3) is 2.43. The SMILES string of the molecule is O=C1NC(=O)C2(COC(c3cccc(Br)c3)OC2)S1. The summed E-state index contributed by atoms with van der Waals surface area (Å²) in [6.45, 7) is 0.318. The van der Waals surface area contributed by atoms with Crippen molar-refractivity contribution >= 4 is 38.8 Å². The van der Waals surface area contributed by atoms with E-state index in [1.54, 1.807) is 0 Å². The van der Waals surface area contributed by atoms with Crippen LogP contribution in [0.15, 0.2) is 28.7 Å². The minimum Gasteiger partial charge on any atom is -0.346 e. The first kappa shape index (κ1) is 13.1. The van der Waals surface area contributed by atoms with E-state index in [4.69, 9.17) is 9.47 Å². The Labute approximate surface area is 122 Å². The Bertz CT molecular complexity index is 542. The number of ether oxygens (including phenoxy) is 2. The predicted molar refractivity (Wildman–Crippen MR) is 72.6 cm³/mol. The van der Waals surface area contributed by atoms with Crippen molar-refractivity contribution in [3.05, 3.63) is 34.3 Å². The van der Waals surface area contributed by atoms with Crippen LogP contribution >= 0.6 is 27.7 Å². The number of hydrogen-bond acceptors (Lipinski definition) is 5. The Morgan fingerprint density at radius 2 is 2.05 bits per heavy atom. The van der Waals surface area contributed by atoms with Gasteiger partial charge in [0.25, 0.3) is 5.24 Å². The maximum absolute atomic E-state index is 11.7. The van der Waals surface area contributed by atoms with Crippen LogP contribution in [0.1, 0.15) is 11.9 Å². The van der Waals surface area contributed by atoms with E-state index in [2.05, 4.69) is 21.2 Å². The molecule has 100 valence electrons. The van der Waals surface area contributed by atoms with Gasteiger partial charge >= 0.3 is 0 Å². The Balaban J connectivity index is 1.73. The summed E-state index contributed by atoms with van der Waals surface area (Å²) in [7, 11) is 0. The molecule has 2 aliphatic rings. The van der Waals surface area contributed by atoms with E-state index in [1.165, 1.54) is 0 Å². The van der Waals surface area contributed by atoms with Gasteiger partial charge < -0.3 is 9.47 Å². The lowest BCUT2D eigenvalue weighted by atomic mass is 10.1. The molecule has 0 bridgehead atoms. The molecule has 2 amide bonds. The van der Waals surface area contributed by atoms with E-state index in [9.17, 15) is 9.59 Å². The lowest BCUT2D eigenvalue weighted by molar-refractivity contribution is -0.197. The van der Waals surface area contributed by atoms with Crippen LogP contribution in [0.25, 0.3) is 0 Å². The molecule has 7 heteroatoms. The Morgan fingerprint density at radius 3 is 2.63 bits per heavy atom. The van der Waals surface area contributed by atoms with Crippen molar-refractivity contribution in [2.45, 2.75) is 11.0 Å². The molecule has 0 aromatic heterocycles. The minimum absolute atomic E-state index is 0.159. The molecule has 1 spiro atoms. The summed E-state index contributed by atoms with van der Waals surface area (Å²) >= 11 is 4.32. The highest BCUT2D eigenvalue weighted by atomic mass is 79.9. The van der Waals surface area contributed by atoms with Gasteiger partial charge in [0, 0.05) is 10.0 Å². The zero-order valence-corrected chi connectivity index (χ0v) is 12.1. The number of thioether (sulfide) groups is 1. The summed E-state index contributed by atoms with van der Waals surface area (Å²) in [5.41, 5.74) is 0.874. The predicted octanol–water partition coefficient (Wildman–Crippen LogP) is 2.22. The van der Waals surface area contributed by atoms with Crippen LogP contribution in [0.5, 0.6) is 0 Å². The number of imide groups is 1. The third-order valence-electron chi connectivity index (χ3n) is 2.97. The second kappa shape index (κ2) is 4.90. The van der Waals surface area contributed by atoms with Crippen LogP contribution in [0, 0.1) is 0 Å². The zero-order chi connectivity index (χ0) is 13.5. The molecule has 1 aromatic carbocycles. The molecule has 0 atom stereocenters. The van der Waals surface area contributed by atoms with Crippen molar-refractivity contribution in [3.63, 3.8) is 0 Å². The Hall–Kier alpha value is -0.890. The fraction of sp³-hybridized carbons (Fsp3) is 0.333. The van der Waals surface area contributed by atoms with Crippen LogP contribution in [0.3, 0.4) is 0 Å². The highest BCUT2D eigenvalue weighted by Crippen LogP contribution is 2.39. The molecule has 2 aliphatic heterocycles. The normalized spacial score (nSPS) is 30.7. The molecule has 0 radical (unpaired) electrons. The Kier molecular flexibility index (Phi) is 3.38. The van der Waals surface area contributed by atoms with Gasteiger partial charge in [-0.25, -0.2) is 0 Å². The van der Waals surface area contributed by atoms with E-state index in [0.29, 0.717) is 0 Å². The zero-order valence-electron chi connectivity index (χ0n) is 9.72. The molecule has 3 rings (SSSR count). The van der Waals surface area contributed by atoms with Gasteiger partial charge in [-0.1, -0.05) is 28.1 Å². The number of rotatable bonds is 1. The van der Waals surface area contributed by atoms with Crippen molar-refractivity contribution in [3.8, 4) is 0 Å². The van der Waals surface area contributed by atoms with Gasteiger partial charge in [-0.2, -0.15) is 0 Å². The highest BCUT2D eigenvalue weighted by Gasteiger charge is 2.51. The van der Waals surface area contributed by atoms with Crippen molar-refractivity contribution < 1.29 is 19.1 Å². The van der Waals surface area contributed by atoms with Crippen molar-refractivity contribution in [1.29, 1.82) is 0 Å². The summed E-state index contributed by atoms with van der Waals surface area (Å²) in [6, 6.07) is 7.58.